The van der Waals surface area contributed by atoms with Gasteiger partial charge in [-0.15, -0.1) is 0 Å². The first-order chi connectivity index (χ1) is 15.9. The Labute approximate surface area is 195 Å². The molecule has 2 atom stereocenters. The number of likely N-dealkylation sites (N-methyl/N-ethyl adjacent to an activating group) is 1. The van der Waals surface area contributed by atoms with Crippen molar-refractivity contribution in [3.63, 3.8) is 0 Å². The molecule has 1 aromatic rings. The third kappa shape index (κ3) is 9.67. The fourth-order valence-corrected chi connectivity index (χ4v) is 2.98. The fourth-order valence-electron chi connectivity index (χ4n) is 2.98. The van der Waals surface area contributed by atoms with Crippen LogP contribution in [-0.2, 0) is 30.5 Å². The van der Waals surface area contributed by atoms with E-state index in [2.05, 4.69) is 15.4 Å². The minimum Gasteiger partial charge on any atom is -0.467 e. The van der Waals surface area contributed by atoms with Gasteiger partial charge in [0, 0.05) is 13.6 Å². The number of nitrogens with one attached hydrogen (secondary N) is 2. The van der Waals surface area contributed by atoms with Crippen molar-refractivity contribution in [2.45, 2.75) is 51.6 Å². The summed E-state index contributed by atoms with van der Waals surface area (Å²) < 4.78 is 48.1. The van der Waals surface area contributed by atoms with Crippen molar-refractivity contribution >= 4 is 23.9 Å². The van der Waals surface area contributed by atoms with Crippen LogP contribution in [0, 0.1) is 5.92 Å². The number of benzene rings is 1. The van der Waals surface area contributed by atoms with E-state index >= 15 is 0 Å². The summed E-state index contributed by atoms with van der Waals surface area (Å²) in [7, 11) is 2.02. The maximum Gasteiger partial charge on any atom is 0.471 e. The highest BCUT2D eigenvalue weighted by molar-refractivity contribution is 5.89. The normalized spacial score (nSPS) is 12.9. The highest BCUT2D eigenvalue weighted by Crippen LogP contribution is 2.21. The van der Waals surface area contributed by atoms with E-state index in [1.807, 2.05) is 0 Å². The van der Waals surface area contributed by atoms with E-state index in [0.717, 1.165) is 19.7 Å². The Kier molecular flexibility index (Phi) is 11.3. The van der Waals surface area contributed by atoms with Gasteiger partial charge in [-0.1, -0.05) is 44.2 Å². The van der Waals surface area contributed by atoms with Crippen LogP contribution in [0.15, 0.2) is 30.3 Å². The lowest BCUT2D eigenvalue weighted by Crippen LogP contribution is -2.52. The number of nitrogens with zero attached hydrogens (tertiary/aromatic N) is 1. The molecule has 12 heteroatoms. The second kappa shape index (κ2) is 13.4. The highest BCUT2D eigenvalue weighted by Gasteiger charge is 2.44. The molecule has 190 valence electrons. The molecule has 0 aliphatic heterocycles. The van der Waals surface area contributed by atoms with Crippen LogP contribution < -0.4 is 10.6 Å². The Morgan fingerprint density at radius 2 is 1.71 bits per heavy atom. The zero-order valence-corrected chi connectivity index (χ0v) is 19.5. The topological polar surface area (TPSA) is 114 Å². The molecule has 0 saturated heterocycles. The SMILES string of the molecule is COC(=O)[C@H](CCNC(=O)[C@H](CC(C)C)N(C)C(=O)C(F)(F)F)NC(=O)OCc1ccccc1. The summed E-state index contributed by atoms with van der Waals surface area (Å²) in [4.78, 5) is 48.5. The molecule has 1 aromatic carbocycles. The average molecular weight is 489 g/mol. The molecule has 0 aromatic heterocycles. The molecule has 0 saturated carbocycles. The van der Waals surface area contributed by atoms with Gasteiger partial charge < -0.3 is 25.0 Å². The van der Waals surface area contributed by atoms with Gasteiger partial charge in [0.15, 0.2) is 0 Å². The molecule has 1 rings (SSSR count). The van der Waals surface area contributed by atoms with Crippen LogP contribution in [0.4, 0.5) is 18.0 Å². The third-order valence-corrected chi connectivity index (χ3v) is 4.75. The smallest absolute Gasteiger partial charge is 0.467 e. The van der Waals surface area contributed by atoms with Crippen molar-refractivity contribution in [2.24, 2.45) is 5.92 Å². The van der Waals surface area contributed by atoms with Crippen LogP contribution >= 0.6 is 0 Å². The summed E-state index contributed by atoms with van der Waals surface area (Å²) in [6.45, 7) is 3.18. The Morgan fingerprint density at radius 3 is 2.24 bits per heavy atom. The molecule has 2 N–H and O–H groups in total. The summed E-state index contributed by atoms with van der Waals surface area (Å²) in [5.74, 6) is -3.93. The van der Waals surface area contributed by atoms with Crippen LogP contribution in [-0.4, -0.2) is 67.7 Å². The van der Waals surface area contributed by atoms with Crippen molar-refractivity contribution in [1.82, 2.24) is 15.5 Å². The van der Waals surface area contributed by atoms with E-state index < -0.39 is 42.1 Å². The van der Waals surface area contributed by atoms with E-state index in [9.17, 15) is 32.3 Å². The Morgan fingerprint density at radius 1 is 1.09 bits per heavy atom. The molecule has 0 aliphatic carbocycles. The lowest BCUT2D eigenvalue weighted by atomic mass is 10.0. The predicted molar refractivity (Wildman–Crippen MR) is 115 cm³/mol. The van der Waals surface area contributed by atoms with Gasteiger partial charge in [0.1, 0.15) is 18.7 Å². The van der Waals surface area contributed by atoms with Crippen LogP contribution in [0.5, 0.6) is 0 Å². The maximum atomic E-state index is 12.8. The van der Waals surface area contributed by atoms with Crippen molar-refractivity contribution in [3.8, 4) is 0 Å². The molecule has 0 spiro atoms. The number of alkyl halides is 3. The number of esters is 1. The third-order valence-electron chi connectivity index (χ3n) is 4.75. The molecule has 34 heavy (non-hydrogen) atoms. The van der Waals surface area contributed by atoms with Crippen molar-refractivity contribution in [2.75, 3.05) is 20.7 Å². The van der Waals surface area contributed by atoms with Crippen molar-refractivity contribution < 1.29 is 41.8 Å². The first-order valence-electron chi connectivity index (χ1n) is 10.5. The zero-order valence-electron chi connectivity index (χ0n) is 19.5. The molecule has 9 nitrogen and oxygen atoms in total. The Balaban J connectivity index is 2.70. The number of halogens is 3. The van der Waals surface area contributed by atoms with Gasteiger partial charge in [0.25, 0.3) is 0 Å². The molecule has 0 unspecified atom stereocenters. The number of methoxy groups -OCH3 is 1. The second-order valence-corrected chi connectivity index (χ2v) is 7.92. The van der Waals surface area contributed by atoms with Crippen LogP contribution in [0.1, 0.15) is 32.3 Å². The second-order valence-electron chi connectivity index (χ2n) is 7.92. The summed E-state index contributed by atoms with van der Waals surface area (Å²) in [5.41, 5.74) is 0.730. The number of carbonyl (C=O) groups is 4. The first-order valence-corrected chi connectivity index (χ1v) is 10.5. The standard InChI is InChI=1S/C22H30F3N3O6/c1-14(2)12-17(28(3)20(31)22(23,24)25)18(29)26-11-10-16(19(30)33-4)27-21(32)34-13-15-8-6-5-7-9-15/h5-9,14,16-17H,10-13H2,1-4H3,(H,26,29)(H,27,32)/t16-,17-/m0/s1. The minimum atomic E-state index is -5.12. The van der Waals surface area contributed by atoms with Crippen LogP contribution in [0.3, 0.4) is 0 Å². The fraction of sp³-hybridized carbons (Fsp3) is 0.545. The number of amides is 3. The monoisotopic (exact) mass is 489 g/mol. The van der Waals surface area contributed by atoms with Gasteiger partial charge in [-0.05, 0) is 24.3 Å². The van der Waals surface area contributed by atoms with Gasteiger partial charge in [0.05, 0.1) is 7.11 Å². The van der Waals surface area contributed by atoms with E-state index in [4.69, 9.17) is 4.74 Å². The molecule has 0 radical (unpaired) electrons. The number of ether oxygens (including phenoxy) is 2. The van der Waals surface area contributed by atoms with Gasteiger partial charge in [-0.2, -0.15) is 13.2 Å². The number of alkyl carbamates (subject to hydrolysis) is 1. The summed E-state index contributed by atoms with van der Waals surface area (Å²) in [5, 5.41) is 4.75. The molecule has 0 aliphatic rings. The van der Waals surface area contributed by atoms with Crippen LogP contribution in [0.2, 0.25) is 0 Å². The molecule has 0 heterocycles. The quantitative estimate of drug-likeness (QED) is 0.462. The van der Waals surface area contributed by atoms with Gasteiger partial charge >= 0.3 is 24.1 Å². The van der Waals surface area contributed by atoms with Crippen LogP contribution in [0.25, 0.3) is 0 Å². The summed E-state index contributed by atoms with van der Waals surface area (Å²) in [6.07, 6.45) is -6.14. The van der Waals surface area contributed by atoms with Gasteiger partial charge in [-0.25, -0.2) is 9.59 Å². The number of hydrogen-bond acceptors (Lipinski definition) is 6. The molecular weight excluding hydrogens is 459 g/mol. The average Bonchev–Trinajstić information content (AvgIpc) is 2.78. The lowest BCUT2D eigenvalue weighted by molar-refractivity contribution is -0.187. The van der Waals surface area contributed by atoms with Crippen molar-refractivity contribution in [3.05, 3.63) is 35.9 Å². The van der Waals surface area contributed by atoms with E-state index in [-0.39, 0.29) is 31.9 Å². The highest BCUT2D eigenvalue weighted by atomic mass is 19.4. The summed E-state index contributed by atoms with van der Waals surface area (Å²) >= 11 is 0. The Bertz CT molecular complexity index is 833. The van der Waals surface area contributed by atoms with Gasteiger partial charge in [0.2, 0.25) is 5.91 Å². The maximum absolute atomic E-state index is 12.8. The number of rotatable bonds is 11. The number of carbonyl (C=O) groups excluding carboxylic acids is 4. The molecule has 0 bridgehead atoms. The van der Waals surface area contributed by atoms with E-state index in [0.29, 0.717) is 4.90 Å². The summed E-state index contributed by atoms with van der Waals surface area (Å²) in [6, 6.07) is 6.28. The zero-order chi connectivity index (χ0) is 25.9. The lowest BCUT2D eigenvalue weighted by Gasteiger charge is -2.29. The van der Waals surface area contributed by atoms with E-state index in [1.165, 1.54) is 0 Å². The molecule has 0 fully saturated rings. The first kappa shape index (κ1) is 28.7. The predicted octanol–water partition coefficient (Wildman–Crippen LogP) is 2.40. The van der Waals surface area contributed by atoms with Crippen molar-refractivity contribution in [1.29, 1.82) is 0 Å². The Hall–Kier alpha value is -3.31. The van der Waals surface area contributed by atoms with E-state index in [1.54, 1.807) is 44.2 Å². The minimum absolute atomic E-state index is 0.00531. The van der Waals surface area contributed by atoms with Gasteiger partial charge in [-0.3, -0.25) is 9.59 Å². The molecule has 3 amide bonds. The molecular formula is C22H30F3N3O6. The largest absolute Gasteiger partial charge is 0.471 e. The number of hydrogen-bond donors (Lipinski definition) is 2.